The minimum absolute atomic E-state index is 0.0231. The van der Waals surface area contributed by atoms with E-state index in [0.29, 0.717) is 0 Å². The number of aliphatic imine (C=N–C) groups is 1. The highest BCUT2D eigenvalue weighted by Gasteiger charge is 2.22. The van der Waals surface area contributed by atoms with Gasteiger partial charge in [-0.2, -0.15) is 0 Å². The Morgan fingerprint density at radius 3 is 2.30 bits per heavy atom. The molecule has 1 saturated heterocycles. The lowest BCUT2D eigenvalue weighted by Gasteiger charge is -2.18. The lowest BCUT2D eigenvalue weighted by atomic mass is 10.2. The van der Waals surface area contributed by atoms with Crippen LogP contribution in [-0.4, -0.2) is 47.4 Å². The van der Waals surface area contributed by atoms with Crippen LogP contribution in [0.3, 0.4) is 0 Å². The third-order valence-electron chi connectivity index (χ3n) is 3.07. The van der Waals surface area contributed by atoms with Gasteiger partial charge in [0.1, 0.15) is 0 Å². The number of amides is 1. The van der Waals surface area contributed by atoms with Crippen LogP contribution >= 0.6 is 0 Å². The predicted octanol–water partition coefficient (Wildman–Crippen LogP) is 0.529. The number of carbonyl (C=O) groups excluding carboxylic acids is 1. The summed E-state index contributed by atoms with van der Waals surface area (Å²) in [7, 11) is 0. The summed E-state index contributed by atoms with van der Waals surface area (Å²) in [4.78, 5) is 25.8. The van der Waals surface area contributed by atoms with Crippen molar-refractivity contribution in [1.29, 1.82) is 0 Å². The van der Waals surface area contributed by atoms with Crippen LogP contribution in [-0.2, 0) is 4.79 Å². The lowest BCUT2D eigenvalue weighted by Crippen LogP contribution is -2.35. The molecule has 1 heterocycles. The molecule has 0 aromatic heterocycles. The van der Waals surface area contributed by atoms with Crippen LogP contribution in [0, 0.1) is 0 Å². The maximum Gasteiger partial charge on any atom is 0.503 e. The summed E-state index contributed by atoms with van der Waals surface area (Å²) >= 11 is 0. The first-order valence-corrected chi connectivity index (χ1v) is 6.91. The predicted molar refractivity (Wildman–Crippen MR) is 87.0 cm³/mol. The molecular weight excluding hydrogens is 302 g/mol. The first-order valence-electron chi connectivity index (χ1n) is 6.91. The Labute approximate surface area is 133 Å². The van der Waals surface area contributed by atoms with Crippen molar-refractivity contribution in [2.24, 2.45) is 16.5 Å². The highest BCUT2D eigenvalue weighted by Crippen LogP contribution is 2.23. The van der Waals surface area contributed by atoms with E-state index in [0.717, 1.165) is 30.9 Å². The summed E-state index contributed by atoms with van der Waals surface area (Å²) in [5, 5.41) is 16.9. The number of hydrogen-bond acceptors (Lipinski definition) is 4. The van der Waals surface area contributed by atoms with Gasteiger partial charge in [-0.3, -0.25) is 4.79 Å². The smallest absolute Gasteiger partial charge is 0.450 e. The number of anilines is 1. The van der Waals surface area contributed by atoms with Gasteiger partial charge in [-0.05, 0) is 30.7 Å². The molecule has 7 N–H and O–H groups in total. The molecule has 9 heteroatoms. The number of rotatable bonds is 3. The molecule has 2 rings (SSSR count). The van der Waals surface area contributed by atoms with E-state index in [1.165, 1.54) is 0 Å². The molecule has 0 saturated carbocycles. The summed E-state index contributed by atoms with van der Waals surface area (Å²) in [6.45, 7) is 3.32. The molecule has 0 aliphatic carbocycles. The molecule has 23 heavy (non-hydrogen) atoms. The second-order valence-corrected chi connectivity index (χ2v) is 4.97. The summed E-state index contributed by atoms with van der Waals surface area (Å²) < 4.78 is 0. The van der Waals surface area contributed by atoms with Crippen LogP contribution < -0.4 is 21.7 Å². The number of benzene rings is 1. The Hall–Kier alpha value is -2.97. The fourth-order valence-corrected chi connectivity index (χ4v) is 2.29. The number of nitrogens with two attached hydrogens (primary N) is 2. The minimum Gasteiger partial charge on any atom is -0.450 e. The monoisotopic (exact) mass is 323 g/mol. The third-order valence-corrected chi connectivity index (χ3v) is 3.07. The SMILES string of the molecule is CC(=O)N[C@@H]1CCN(c2ccc(N=C(N)N)cc2)C1.O=C(O)O. The Bertz CT molecular complexity index is 565. The molecule has 1 fully saturated rings. The summed E-state index contributed by atoms with van der Waals surface area (Å²) in [5.74, 6) is 0.0783. The van der Waals surface area contributed by atoms with Gasteiger partial charge >= 0.3 is 6.16 Å². The Balaban J connectivity index is 0.000000593. The van der Waals surface area contributed by atoms with E-state index in [2.05, 4.69) is 15.2 Å². The second kappa shape index (κ2) is 8.47. The van der Waals surface area contributed by atoms with Crippen molar-refractivity contribution in [3.8, 4) is 0 Å². The Kier molecular flexibility index (Phi) is 6.66. The van der Waals surface area contributed by atoms with E-state index < -0.39 is 6.16 Å². The zero-order valence-corrected chi connectivity index (χ0v) is 12.8. The number of guanidine groups is 1. The quantitative estimate of drug-likeness (QED) is 0.401. The van der Waals surface area contributed by atoms with Crippen molar-refractivity contribution in [1.82, 2.24) is 5.32 Å². The second-order valence-electron chi connectivity index (χ2n) is 4.97. The molecule has 1 atom stereocenters. The highest BCUT2D eigenvalue weighted by atomic mass is 16.6. The van der Waals surface area contributed by atoms with E-state index in [1.54, 1.807) is 6.92 Å². The Morgan fingerprint density at radius 1 is 1.26 bits per heavy atom. The molecule has 0 radical (unpaired) electrons. The van der Waals surface area contributed by atoms with Gasteiger partial charge in [0.2, 0.25) is 5.91 Å². The van der Waals surface area contributed by atoms with E-state index in [9.17, 15) is 4.79 Å². The van der Waals surface area contributed by atoms with Crippen molar-refractivity contribution in [2.45, 2.75) is 19.4 Å². The van der Waals surface area contributed by atoms with Crippen molar-refractivity contribution >= 4 is 29.4 Å². The average Bonchev–Trinajstić information content (AvgIpc) is 2.86. The third kappa shape index (κ3) is 7.02. The van der Waals surface area contributed by atoms with Gasteiger partial charge in [-0.15, -0.1) is 0 Å². The normalized spacial score (nSPS) is 16.0. The highest BCUT2D eigenvalue weighted by molar-refractivity contribution is 5.79. The Morgan fingerprint density at radius 2 is 1.83 bits per heavy atom. The van der Waals surface area contributed by atoms with Gasteiger partial charge < -0.3 is 31.9 Å². The molecule has 1 aromatic rings. The molecule has 1 amide bonds. The van der Waals surface area contributed by atoms with E-state index in [4.69, 9.17) is 26.5 Å². The average molecular weight is 323 g/mol. The van der Waals surface area contributed by atoms with Crippen LogP contribution in [0.4, 0.5) is 16.2 Å². The van der Waals surface area contributed by atoms with Crippen LogP contribution in [0.2, 0.25) is 0 Å². The maximum atomic E-state index is 11.0. The molecule has 9 nitrogen and oxygen atoms in total. The van der Waals surface area contributed by atoms with Crippen LogP contribution in [0.25, 0.3) is 0 Å². The summed E-state index contributed by atoms with van der Waals surface area (Å²) in [6.07, 6.45) is -0.866. The molecular formula is C14H21N5O4. The largest absolute Gasteiger partial charge is 0.503 e. The summed E-state index contributed by atoms with van der Waals surface area (Å²) in [5.41, 5.74) is 12.5. The first kappa shape index (κ1) is 18.1. The number of hydrogen-bond donors (Lipinski definition) is 5. The minimum atomic E-state index is -1.83. The number of carbonyl (C=O) groups is 2. The van der Waals surface area contributed by atoms with Crippen molar-refractivity contribution in [2.75, 3.05) is 18.0 Å². The maximum absolute atomic E-state index is 11.0. The molecule has 0 unspecified atom stereocenters. The van der Waals surface area contributed by atoms with Gasteiger partial charge in [0, 0.05) is 31.7 Å². The van der Waals surface area contributed by atoms with E-state index in [1.807, 2.05) is 24.3 Å². The van der Waals surface area contributed by atoms with E-state index in [-0.39, 0.29) is 17.9 Å². The van der Waals surface area contributed by atoms with Gasteiger partial charge in [0.25, 0.3) is 0 Å². The zero-order chi connectivity index (χ0) is 17.4. The first-order chi connectivity index (χ1) is 10.8. The topological polar surface area (TPSA) is 154 Å². The van der Waals surface area contributed by atoms with Crippen molar-refractivity contribution in [3.05, 3.63) is 24.3 Å². The molecule has 126 valence electrons. The molecule has 1 aliphatic heterocycles. The molecule has 1 aromatic carbocycles. The van der Waals surface area contributed by atoms with Gasteiger partial charge in [0.05, 0.1) is 5.69 Å². The van der Waals surface area contributed by atoms with Gasteiger partial charge in [-0.1, -0.05) is 0 Å². The number of carboxylic acid groups (broad SMARTS) is 2. The molecule has 1 aliphatic rings. The van der Waals surface area contributed by atoms with Crippen molar-refractivity contribution in [3.63, 3.8) is 0 Å². The van der Waals surface area contributed by atoms with Crippen LogP contribution in [0.1, 0.15) is 13.3 Å². The van der Waals surface area contributed by atoms with Crippen LogP contribution in [0.5, 0.6) is 0 Å². The fraction of sp³-hybridized carbons (Fsp3) is 0.357. The van der Waals surface area contributed by atoms with E-state index >= 15 is 0 Å². The van der Waals surface area contributed by atoms with Crippen molar-refractivity contribution < 1.29 is 19.8 Å². The standard InChI is InChI=1S/C13H19N5O.CH2O3/c1-9(19)16-11-6-7-18(8-11)12-4-2-10(3-5-12)17-13(14)15;2-1(3)4/h2-5,11H,6-8H2,1H3,(H,16,19)(H4,14,15,17);(H2,2,3,4)/t11-;/m1./s1. The zero-order valence-electron chi connectivity index (χ0n) is 12.8. The van der Waals surface area contributed by atoms with Gasteiger partial charge in [0.15, 0.2) is 5.96 Å². The molecule has 0 spiro atoms. The number of nitrogens with zero attached hydrogens (tertiary/aromatic N) is 2. The molecule has 0 bridgehead atoms. The summed E-state index contributed by atoms with van der Waals surface area (Å²) in [6, 6.07) is 7.95. The lowest BCUT2D eigenvalue weighted by molar-refractivity contribution is -0.119. The van der Waals surface area contributed by atoms with Crippen LogP contribution in [0.15, 0.2) is 29.3 Å². The number of nitrogens with one attached hydrogen (secondary N) is 1. The van der Waals surface area contributed by atoms with Gasteiger partial charge in [-0.25, -0.2) is 9.79 Å². The fourth-order valence-electron chi connectivity index (χ4n) is 2.29.